The number of nitrogens with one attached hydrogen (secondary N) is 2. The van der Waals surface area contributed by atoms with Crippen LogP contribution in [-0.2, 0) is 6.42 Å². The fourth-order valence-electron chi connectivity index (χ4n) is 3.39. The Morgan fingerprint density at radius 2 is 1.89 bits per heavy atom. The van der Waals surface area contributed by atoms with Crippen molar-refractivity contribution < 1.29 is 9.53 Å². The van der Waals surface area contributed by atoms with Gasteiger partial charge in [0.1, 0.15) is 12.4 Å². The maximum atomic E-state index is 12.1. The van der Waals surface area contributed by atoms with E-state index >= 15 is 0 Å². The van der Waals surface area contributed by atoms with Gasteiger partial charge in [0.15, 0.2) is 0 Å². The average molecular weight is 382 g/mol. The van der Waals surface area contributed by atoms with E-state index in [1.165, 1.54) is 24.1 Å². The van der Waals surface area contributed by atoms with Crippen molar-refractivity contribution in [3.63, 3.8) is 0 Å². The zero-order valence-electron chi connectivity index (χ0n) is 16.9. The third-order valence-electron chi connectivity index (χ3n) is 5.24. The number of hydrogen-bond acceptors (Lipinski definition) is 3. The molecule has 2 aromatic rings. The molecule has 3 rings (SSSR count). The van der Waals surface area contributed by atoms with Crippen LogP contribution in [0.25, 0.3) is 0 Å². The Labute approximate surface area is 168 Å². The molecule has 1 saturated heterocycles. The van der Waals surface area contributed by atoms with Crippen molar-refractivity contribution in [3.05, 3.63) is 54.1 Å². The van der Waals surface area contributed by atoms with Gasteiger partial charge in [-0.25, -0.2) is 4.79 Å². The van der Waals surface area contributed by atoms with E-state index < -0.39 is 0 Å². The van der Waals surface area contributed by atoms with Crippen molar-refractivity contribution in [1.82, 2.24) is 5.32 Å². The Kier molecular flexibility index (Phi) is 7.18. The molecule has 0 saturated carbocycles. The van der Waals surface area contributed by atoms with Gasteiger partial charge in [-0.2, -0.15) is 0 Å². The number of carbonyl (C=O) groups excluding carboxylic acids is 1. The van der Waals surface area contributed by atoms with Gasteiger partial charge in [0.2, 0.25) is 0 Å². The zero-order valence-corrected chi connectivity index (χ0v) is 16.9. The molecule has 28 heavy (non-hydrogen) atoms. The summed E-state index contributed by atoms with van der Waals surface area (Å²) >= 11 is 0. The number of anilines is 2. The highest BCUT2D eigenvalue weighted by atomic mass is 16.5. The number of carbonyl (C=O) groups is 1. The third kappa shape index (κ3) is 5.91. The first-order valence-corrected chi connectivity index (χ1v) is 10.3. The summed E-state index contributed by atoms with van der Waals surface area (Å²) in [5, 5.41) is 5.70. The highest BCUT2D eigenvalue weighted by Gasteiger charge is 2.15. The standard InChI is InChI=1S/C23H31N3O2/c1-3-19-5-4-6-22(17-19)28-16-13-24-23(27)25-20-7-9-21(10-8-20)26-14-11-18(2)12-15-26/h4-10,17-18H,3,11-16H2,1-2H3,(H2,24,25,27). The van der Waals surface area contributed by atoms with Crippen molar-refractivity contribution in [2.24, 2.45) is 5.92 Å². The Morgan fingerprint density at radius 3 is 2.61 bits per heavy atom. The lowest BCUT2D eigenvalue weighted by Crippen LogP contribution is -2.33. The van der Waals surface area contributed by atoms with E-state index in [0.717, 1.165) is 36.9 Å². The minimum Gasteiger partial charge on any atom is -0.492 e. The summed E-state index contributed by atoms with van der Waals surface area (Å²) in [7, 11) is 0. The Bertz CT molecular complexity index is 753. The van der Waals surface area contributed by atoms with Gasteiger partial charge in [0.25, 0.3) is 0 Å². The number of urea groups is 1. The summed E-state index contributed by atoms with van der Waals surface area (Å²) in [4.78, 5) is 14.5. The predicted octanol–water partition coefficient (Wildman–Crippen LogP) is 4.69. The molecule has 0 aromatic heterocycles. The maximum absolute atomic E-state index is 12.1. The summed E-state index contributed by atoms with van der Waals surface area (Å²) in [6.45, 7) is 7.53. The quantitative estimate of drug-likeness (QED) is 0.685. The second-order valence-electron chi connectivity index (χ2n) is 7.45. The van der Waals surface area contributed by atoms with Crippen LogP contribution in [0.4, 0.5) is 16.2 Å². The van der Waals surface area contributed by atoms with Gasteiger partial charge in [0.05, 0.1) is 6.54 Å². The molecule has 0 radical (unpaired) electrons. The number of nitrogens with zero attached hydrogens (tertiary/aromatic N) is 1. The van der Waals surface area contributed by atoms with Gasteiger partial charge < -0.3 is 20.3 Å². The van der Waals surface area contributed by atoms with Crippen molar-refractivity contribution in [2.75, 3.05) is 36.5 Å². The molecule has 0 spiro atoms. The van der Waals surface area contributed by atoms with Crippen LogP contribution in [-0.4, -0.2) is 32.3 Å². The molecule has 150 valence electrons. The minimum atomic E-state index is -0.217. The third-order valence-corrected chi connectivity index (χ3v) is 5.24. The molecule has 1 aliphatic rings. The molecule has 0 atom stereocenters. The molecule has 0 aliphatic carbocycles. The molecule has 0 unspecified atom stereocenters. The summed E-state index contributed by atoms with van der Waals surface area (Å²) < 4.78 is 5.69. The van der Waals surface area contributed by atoms with E-state index in [1.807, 2.05) is 30.3 Å². The van der Waals surface area contributed by atoms with Gasteiger partial charge in [-0.15, -0.1) is 0 Å². The van der Waals surface area contributed by atoms with Crippen LogP contribution in [0, 0.1) is 5.92 Å². The van der Waals surface area contributed by atoms with Crippen LogP contribution in [0.1, 0.15) is 32.3 Å². The molecular formula is C23H31N3O2. The molecule has 1 heterocycles. The molecule has 1 aliphatic heterocycles. The molecule has 2 amide bonds. The van der Waals surface area contributed by atoms with Crippen molar-refractivity contribution >= 4 is 17.4 Å². The molecule has 1 fully saturated rings. The van der Waals surface area contributed by atoms with Crippen LogP contribution in [0.2, 0.25) is 0 Å². The van der Waals surface area contributed by atoms with Crippen molar-refractivity contribution in [1.29, 1.82) is 0 Å². The van der Waals surface area contributed by atoms with Crippen LogP contribution in [0.3, 0.4) is 0 Å². The Hall–Kier alpha value is -2.69. The van der Waals surface area contributed by atoms with Crippen molar-refractivity contribution in [3.8, 4) is 5.75 Å². The predicted molar refractivity (Wildman–Crippen MR) is 115 cm³/mol. The normalized spacial score (nSPS) is 14.6. The molecule has 5 nitrogen and oxygen atoms in total. The highest BCUT2D eigenvalue weighted by Crippen LogP contribution is 2.24. The lowest BCUT2D eigenvalue weighted by atomic mass is 9.99. The summed E-state index contributed by atoms with van der Waals surface area (Å²) in [6, 6.07) is 15.9. The molecular weight excluding hydrogens is 350 g/mol. The molecule has 2 N–H and O–H groups in total. The highest BCUT2D eigenvalue weighted by molar-refractivity contribution is 5.89. The van der Waals surface area contributed by atoms with E-state index in [2.05, 4.69) is 47.6 Å². The second kappa shape index (κ2) is 10.0. The SMILES string of the molecule is CCc1cccc(OCCNC(=O)Nc2ccc(N3CCC(C)CC3)cc2)c1. The van der Waals surface area contributed by atoms with Crippen molar-refractivity contribution in [2.45, 2.75) is 33.1 Å². The van der Waals surface area contributed by atoms with E-state index in [4.69, 9.17) is 4.74 Å². The van der Waals surface area contributed by atoms with Gasteiger partial charge in [-0.05, 0) is 67.1 Å². The maximum Gasteiger partial charge on any atom is 0.319 e. The van der Waals surface area contributed by atoms with E-state index in [1.54, 1.807) is 0 Å². The molecule has 2 aromatic carbocycles. The van der Waals surface area contributed by atoms with E-state index in [-0.39, 0.29) is 6.03 Å². The number of aryl methyl sites for hydroxylation is 1. The lowest BCUT2D eigenvalue weighted by molar-refractivity contribution is 0.247. The first kappa shape index (κ1) is 20.1. The fourth-order valence-corrected chi connectivity index (χ4v) is 3.39. The first-order chi connectivity index (χ1) is 13.6. The van der Waals surface area contributed by atoms with Crippen LogP contribution in [0.15, 0.2) is 48.5 Å². The van der Waals surface area contributed by atoms with Gasteiger partial charge in [0, 0.05) is 24.5 Å². The smallest absolute Gasteiger partial charge is 0.319 e. The number of rotatable bonds is 7. The van der Waals surface area contributed by atoms with E-state index in [0.29, 0.717) is 13.2 Å². The van der Waals surface area contributed by atoms with Gasteiger partial charge in [-0.3, -0.25) is 0 Å². The topological polar surface area (TPSA) is 53.6 Å². The molecule has 0 bridgehead atoms. The lowest BCUT2D eigenvalue weighted by Gasteiger charge is -2.32. The summed E-state index contributed by atoms with van der Waals surface area (Å²) in [6.07, 6.45) is 3.47. The van der Waals surface area contributed by atoms with Gasteiger partial charge in [-0.1, -0.05) is 26.0 Å². The minimum absolute atomic E-state index is 0.217. The summed E-state index contributed by atoms with van der Waals surface area (Å²) in [5.41, 5.74) is 3.26. The van der Waals surface area contributed by atoms with E-state index in [9.17, 15) is 4.79 Å². The Balaban J connectivity index is 1.38. The number of benzene rings is 2. The second-order valence-corrected chi connectivity index (χ2v) is 7.45. The van der Waals surface area contributed by atoms with Crippen LogP contribution < -0.4 is 20.3 Å². The molecule has 5 heteroatoms. The van der Waals surface area contributed by atoms with Crippen LogP contribution in [0.5, 0.6) is 5.75 Å². The Morgan fingerprint density at radius 1 is 1.14 bits per heavy atom. The zero-order chi connectivity index (χ0) is 19.8. The largest absolute Gasteiger partial charge is 0.492 e. The average Bonchev–Trinajstić information content (AvgIpc) is 2.73. The summed E-state index contributed by atoms with van der Waals surface area (Å²) in [5.74, 6) is 1.66. The number of amides is 2. The van der Waals surface area contributed by atoms with Crippen LogP contribution >= 0.6 is 0 Å². The fraction of sp³-hybridized carbons (Fsp3) is 0.435. The number of ether oxygens (including phenoxy) is 1. The first-order valence-electron chi connectivity index (χ1n) is 10.3. The number of piperidine rings is 1. The number of hydrogen-bond donors (Lipinski definition) is 2. The monoisotopic (exact) mass is 381 g/mol. The van der Waals surface area contributed by atoms with Gasteiger partial charge >= 0.3 is 6.03 Å².